The molecule has 4 rings (SSSR count). The van der Waals surface area contributed by atoms with Crippen molar-refractivity contribution in [3.8, 4) is 0 Å². The van der Waals surface area contributed by atoms with E-state index < -0.39 is 23.6 Å². The maximum absolute atomic E-state index is 14.6. The van der Waals surface area contributed by atoms with Crippen LogP contribution in [-0.2, 0) is 6.42 Å². The number of hydrogen-bond acceptors (Lipinski definition) is 1. The topological polar surface area (TPSA) is 20.3 Å². The second kappa shape index (κ2) is 7.12. The van der Waals surface area contributed by atoms with Gasteiger partial charge in [0, 0.05) is 12.1 Å². The molecule has 1 heterocycles. The highest BCUT2D eigenvalue weighted by Gasteiger charge is 2.35. The lowest BCUT2D eigenvalue weighted by molar-refractivity contribution is 0.0687. The van der Waals surface area contributed by atoms with Crippen LogP contribution in [0, 0.1) is 11.6 Å². The second-order valence-electron chi connectivity index (χ2n) is 6.47. The number of halogens is 3. The molecule has 0 saturated carbocycles. The average molecular weight is 384 g/mol. The highest BCUT2D eigenvalue weighted by molar-refractivity contribution is 6.33. The van der Waals surface area contributed by atoms with E-state index >= 15 is 0 Å². The normalized spacial score (nSPS) is 16.1. The van der Waals surface area contributed by atoms with E-state index in [0.29, 0.717) is 18.5 Å². The first-order valence-corrected chi connectivity index (χ1v) is 9.03. The van der Waals surface area contributed by atoms with Crippen LogP contribution in [0.1, 0.15) is 33.1 Å². The molecular weight excluding hydrogens is 368 g/mol. The Morgan fingerprint density at radius 3 is 2.30 bits per heavy atom. The van der Waals surface area contributed by atoms with E-state index in [1.54, 1.807) is 18.2 Å². The van der Waals surface area contributed by atoms with Crippen LogP contribution in [0.25, 0.3) is 0 Å². The molecule has 0 saturated heterocycles. The maximum Gasteiger partial charge on any atom is 0.259 e. The SMILES string of the molecule is O=C(c1c(F)cccc1Cl)N1CCc2ccccc2[C@H]1c1ccccc1F. The zero-order chi connectivity index (χ0) is 19.0. The van der Waals surface area contributed by atoms with Gasteiger partial charge in [-0.2, -0.15) is 0 Å². The predicted octanol–water partition coefficient (Wildman–Crippen LogP) is 5.41. The first kappa shape index (κ1) is 17.7. The lowest BCUT2D eigenvalue weighted by atomic mass is 9.87. The zero-order valence-electron chi connectivity index (χ0n) is 14.3. The molecule has 0 aromatic heterocycles. The van der Waals surface area contributed by atoms with Gasteiger partial charge in [-0.3, -0.25) is 4.79 Å². The number of rotatable bonds is 2. The predicted molar refractivity (Wildman–Crippen MR) is 101 cm³/mol. The van der Waals surface area contributed by atoms with Gasteiger partial charge in [0.25, 0.3) is 5.91 Å². The van der Waals surface area contributed by atoms with Crippen molar-refractivity contribution in [3.05, 3.63) is 106 Å². The van der Waals surface area contributed by atoms with E-state index in [-0.39, 0.29) is 10.6 Å². The summed E-state index contributed by atoms with van der Waals surface area (Å²) in [4.78, 5) is 14.7. The molecule has 3 aromatic carbocycles. The summed E-state index contributed by atoms with van der Waals surface area (Å²) in [6.07, 6.45) is 0.610. The van der Waals surface area contributed by atoms with Crippen LogP contribution in [0.2, 0.25) is 5.02 Å². The quantitative estimate of drug-likeness (QED) is 0.579. The summed E-state index contributed by atoms with van der Waals surface area (Å²) in [5.41, 5.74) is 2.09. The van der Waals surface area contributed by atoms with Gasteiger partial charge in [-0.25, -0.2) is 8.78 Å². The van der Waals surface area contributed by atoms with E-state index in [9.17, 15) is 13.6 Å². The molecule has 1 amide bonds. The summed E-state index contributed by atoms with van der Waals surface area (Å²) in [6.45, 7) is 0.347. The molecule has 0 bridgehead atoms. The van der Waals surface area contributed by atoms with Gasteiger partial charge >= 0.3 is 0 Å². The van der Waals surface area contributed by atoms with Crippen molar-refractivity contribution in [2.75, 3.05) is 6.54 Å². The molecule has 0 radical (unpaired) electrons. The highest BCUT2D eigenvalue weighted by Crippen LogP contribution is 2.38. The van der Waals surface area contributed by atoms with E-state index in [1.165, 1.54) is 29.2 Å². The third-order valence-corrected chi connectivity index (χ3v) is 5.24. The molecular formula is C22H16ClF2NO. The van der Waals surface area contributed by atoms with Crippen LogP contribution in [-0.4, -0.2) is 17.4 Å². The molecule has 3 aromatic rings. The van der Waals surface area contributed by atoms with Gasteiger partial charge in [0.15, 0.2) is 0 Å². The van der Waals surface area contributed by atoms with Crippen molar-refractivity contribution in [2.45, 2.75) is 12.5 Å². The smallest absolute Gasteiger partial charge is 0.259 e. The molecule has 1 aliphatic rings. The van der Waals surface area contributed by atoms with E-state index in [2.05, 4.69) is 0 Å². The number of amides is 1. The summed E-state index contributed by atoms with van der Waals surface area (Å²) < 4.78 is 29.0. The van der Waals surface area contributed by atoms with Crippen LogP contribution in [0.5, 0.6) is 0 Å². The van der Waals surface area contributed by atoms with E-state index in [1.807, 2.05) is 24.3 Å². The van der Waals surface area contributed by atoms with Crippen molar-refractivity contribution < 1.29 is 13.6 Å². The summed E-state index contributed by atoms with van der Waals surface area (Å²) in [6, 6.07) is 17.5. The standard InChI is InChI=1S/C22H16ClF2NO/c23-17-9-5-11-19(25)20(17)22(27)26-13-12-14-6-1-2-7-15(14)21(26)16-8-3-4-10-18(16)24/h1-11,21H,12-13H2/t21-/m0/s1. The van der Waals surface area contributed by atoms with Crippen molar-refractivity contribution >= 4 is 17.5 Å². The summed E-state index contributed by atoms with van der Waals surface area (Å²) in [5, 5.41) is 0.0474. The molecule has 0 fully saturated rings. The number of carbonyl (C=O) groups is 1. The van der Waals surface area contributed by atoms with Gasteiger partial charge in [-0.05, 0) is 35.7 Å². The Morgan fingerprint density at radius 2 is 1.56 bits per heavy atom. The van der Waals surface area contributed by atoms with Crippen LogP contribution in [0.4, 0.5) is 8.78 Å². The Labute approximate surface area is 161 Å². The number of benzene rings is 3. The first-order chi connectivity index (χ1) is 13.1. The molecule has 5 heteroatoms. The molecule has 1 aliphatic heterocycles. The van der Waals surface area contributed by atoms with Gasteiger partial charge < -0.3 is 4.90 Å². The Morgan fingerprint density at radius 1 is 0.889 bits per heavy atom. The number of carbonyl (C=O) groups excluding carboxylic acids is 1. The van der Waals surface area contributed by atoms with Crippen molar-refractivity contribution in [1.29, 1.82) is 0 Å². The zero-order valence-corrected chi connectivity index (χ0v) is 15.1. The van der Waals surface area contributed by atoms with E-state index in [0.717, 1.165) is 11.1 Å². The number of hydrogen-bond donors (Lipinski definition) is 0. The lowest BCUT2D eigenvalue weighted by Gasteiger charge is -2.38. The fraction of sp³-hybridized carbons (Fsp3) is 0.136. The van der Waals surface area contributed by atoms with E-state index in [4.69, 9.17) is 11.6 Å². The Kier molecular flexibility index (Phi) is 4.66. The Bertz CT molecular complexity index is 1000. The summed E-state index contributed by atoms with van der Waals surface area (Å²) >= 11 is 6.11. The fourth-order valence-corrected chi connectivity index (χ4v) is 3.91. The van der Waals surface area contributed by atoms with Crippen LogP contribution >= 0.6 is 11.6 Å². The monoisotopic (exact) mass is 383 g/mol. The van der Waals surface area contributed by atoms with Crippen LogP contribution in [0.15, 0.2) is 66.7 Å². The third-order valence-electron chi connectivity index (χ3n) is 4.92. The minimum absolute atomic E-state index is 0.0474. The molecule has 0 aliphatic carbocycles. The lowest BCUT2D eigenvalue weighted by Crippen LogP contribution is -2.41. The largest absolute Gasteiger partial charge is 0.327 e. The van der Waals surface area contributed by atoms with Crippen LogP contribution in [0.3, 0.4) is 0 Å². The number of nitrogens with zero attached hydrogens (tertiary/aromatic N) is 1. The van der Waals surface area contributed by atoms with Gasteiger partial charge in [-0.15, -0.1) is 0 Å². The summed E-state index contributed by atoms with van der Waals surface area (Å²) in [7, 11) is 0. The van der Waals surface area contributed by atoms with Gasteiger partial charge in [0.1, 0.15) is 11.6 Å². The second-order valence-corrected chi connectivity index (χ2v) is 6.88. The Hall–Kier alpha value is -2.72. The average Bonchev–Trinajstić information content (AvgIpc) is 2.67. The number of fused-ring (bicyclic) bond motifs is 1. The molecule has 27 heavy (non-hydrogen) atoms. The van der Waals surface area contributed by atoms with Gasteiger partial charge in [-0.1, -0.05) is 60.1 Å². The molecule has 1 atom stereocenters. The minimum Gasteiger partial charge on any atom is -0.327 e. The Balaban J connectivity index is 1.87. The highest BCUT2D eigenvalue weighted by atomic mass is 35.5. The van der Waals surface area contributed by atoms with Crippen molar-refractivity contribution in [2.24, 2.45) is 0 Å². The maximum atomic E-state index is 14.6. The van der Waals surface area contributed by atoms with Crippen molar-refractivity contribution in [3.63, 3.8) is 0 Å². The molecule has 0 unspecified atom stereocenters. The first-order valence-electron chi connectivity index (χ1n) is 8.65. The molecule has 2 nitrogen and oxygen atoms in total. The van der Waals surface area contributed by atoms with Gasteiger partial charge in [0.2, 0.25) is 0 Å². The third kappa shape index (κ3) is 3.10. The minimum atomic E-state index is -0.682. The summed E-state index contributed by atoms with van der Waals surface area (Å²) in [5.74, 6) is -1.63. The van der Waals surface area contributed by atoms with Crippen molar-refractivity contribution in [1.82, 2.24) is 4.90 Å². The fourth-order valence-electron chi connectivity index (χ4n) is 3.66. The molecule has 0 N–H and O–H groups in total. The van der Waals surface area contributed by atoms with Gasteiger partial charge in [0.05, 0.1) is 16.6 Å². The molecule has 136 valence electrons. The van der Waals surface area contributed by atoms with Crippen LogP contribution < -0.4 is 0 Å². The molecule has 0 spiro atoms.